The average Bonchev–Trinajstić information content (AvgIpc) is 2.87. The lowest BCUT2D eigenvalue weighted by Gasteiger charge is -2.23. The van der Waals surface area contributed by atoms with Gasteiger partial charge in [-0.3, -0.25) is 9.59 Å². The Kier molecular flexibility index (Phi) is 6.61. The van der Waals surface area contributed by atoms with Crippen molar-refractivity contribution in [3.8, 4) is 0 Å². The molecule has 1 unspecified atom stereocenters. The molecule has 4 N–H and O–H groups in total. The van der Waals surface area contributed by atoms with E-state index >= 15 is 0 Å². The molecule has 22 heavy (non-hydrogen) atoms. The fourth-order valence-electron chi connectivity index (χ4n) is 2.61. The number of methoxy groups -OCH3 is 1. The van der Waals surface area contributed by atoms with E-state index in [1.807, 2.05) is 13.8 Å². The maximum absolute atomic E-state index is 12.2. The predicted molar refractivity (Wildman–Crippen MR) is 79.1 cm³/mol. The summed E-state index contributed by atoms with van der Waals surface area (Å²) in [6.07, 6.45) is 0.581. The fraction of sp³-hybridized carbons (Fsp3) is 0.786. The van der Waals surface area contributed by atoms with Crippen molar-refractivity contribution in [1.82, 2.24) is 10.2 Å². The number of carbonyl (C=O) groups excluding carboxylic acids is 2. The third-order valence-electron chi connectivity index (χ3n) is 3.79. The van der Waals surface area contributed by atoms with Crippen molar-refractivity contribution in [3.63, 3.8) is 0 Å². The van der Waals surface area contributed by atoms with Crippen LogP contribution in [0.1, 0.15) is 26.7 Å². The second kappa shape index (κ2) is 7.98. The first-order chi connectivity index (χ1) is 10.3. The molecule has 1 saturated heterocycles. The molecular formula is C14H25N3O5. The van der Waals surface area contributed by atoms with Gasteiger partial charge in [-0.1, -0.05) is 13.8 Å². The molecule has 0 aliphatic carbocycles. The van der Waals surface area contributed by atoms with Gasteiger partial charge < -0.3 is 25.8 Å². The lowest BCUT2D eigenvalue weighted by Crippen LogP contribution is -2.49. The van der Waals surface area contributed by atoms with Gasteiger partial charge >= 0.3 is 12.0 Å². The third kappa shape index (κ3) is 4.87. The van der Waals surface area contributed by atoms with E-state index in [0.29, 0.717) is 12.8 Å². The Balaban J connectivity index is 2.62. The number of carbonyl (C=O) groups is 3. The molecule has 1 heterocycles. The van der Waals surface area contributed by atoms with Crippen LogP contribution in [0.5, 0.6) is 0 Å². The minimum Gasteiger partial charge on any atom is -0.481 e. The molecule has 0 saturated carbocycles. The minimum absolute atomic E-state index is 0.0198. The normalized spacial score (nSPS) is 22.6. The van der Waals surface area contributed by atoms with Crippen LogP contribution < -0.4 is 11.1 Å². The number of carboxylic acid groups (broad SMARTS) is 1. The zero-order chi connectivity index (χ0) is 16.9. The first-order valence-electron chi connectivity index (χ1n) is 7.35. The van der Waals surface area contributed by atoms with Gasteiger partial charge in [0, 0.05) is 26.6 Å². The van der Waals surface area contributed by atoms with E-state index in [4.69, 9.17) is 15.6 Å². The molecule has 0 bridgehead atoms. The molecular weight excluding hydrogens is 290 g/mol. The number of ether oxygens (including phenoxy) is 1. The van der Waals surface area contributed by atoms with Crippen LogP contribution in [0.4, 0.5) is 4.79 Å². The number of likely N-dealkylation sites (tertiary alicyclic amines) is 1. The summed E-state index contributed by atoms with van der Waals surface area (Å²) in [4.78, 5) is 36.1. The molecule has 8 nitrogen and oxygen atoms in total. The highest BCUT2D eigenvalue weighted by atomic mass is 16.5. The standard InChI is InChI=1S/C14H25N3O5/c1-8(2)4-9(13(19)20)6-16-14(21)17-7-10(22-3)5-11(17)12(15)18/h8-11H,4-7H2,1-3H3,(H2,15,18)(H,16,21)(H,19,20)/t9?,10-,11-/m0/s1. The summed E-state index contributed by atoms with van der Waals surface area (Å²) in [5.41, 5.74) is 5.30. The number of hydrogen-bond donors (Lipinski definition) is 3. The Bertz CT molecular complexity index is 427. The Morgan fingerprint density at radius 1 is 1.41 bits per heavy atom. The lowest BCUT2D eigenvalue weighted by molar-refractivity contribution is -0.142. The predicted octanol–water partition coefficient (Wildman–Crippen LogP) is 0.0175. The number of nitrogens with two attached hydrogens (primary N) is 1. The Labute approximate surface area is 130 Å². The Hall–Kier alpha value is -1.83. The van der Waals surface area contributed by atoms with Crippen molar-refractivity contribution in [3.05, 3.63) is 0 Å². The molecule has 0 aromatic rings. The van der Waals surface area contributed by atoms with E-state index < -0.39 is 29.9 Å². The molecule has 0 radical (unpaired) electrons. The maximum Gasteiger partial charge on any atom is 0.318 e. The van der Waals surface area contributed by atoms with Crippen molar-refractivity contribution in [2.45, 2.75) is 38.8 Å². The molecule has 126 valence electrons. The molecule has 1 aliphatic rings. The van der Waals surface area contributed by atoms with Gasteiger partial charge in [-0.2, -0.15) is 0 Å². The fourth-order valence-corrected chi connectivity index (χ4v) is 2.61. The molecule has 3 atom stereocenters. The maximum atomic E-state index is 12.2. The van der Waals surface area contributed by atoms with E-state index in [1.54, 1.807) is 0 Å². The van der Waals surface area contributed by atoms with Gasteiger partial charge in [-0.15, -0.1) is 0 Å². The van der Waals surface area contributed by atoms with Crippen LogP contribution in [0.2, 0.25) is 0 Å². The van der Waals surface area contributed by atoms with Crippen molar-refractivity contribution < 1.29 is 24.2 Å². The van der Waals surface area contributed by atoms with Crippen LogP contribution in [-0.2, 0) is 14.3 Å². The van der Waals surface area contributed by atoms with Crippen molar-refractivity contribution >= 4 is 17.9 Å². The molecule has 0 aromatic heterocycles. The van der Waals surface area contributed by atoms with Gasteiger partial charge in [-0.05, 0) is 12.3 Å². The molecule has 0 aromatic carbocycles. The molecule has 1 fully saturated rings. The van der Waals surface area contributed by atoms with E-state index in [1.165, 1.54) is 12.0 Å². The van der Waals surface area contributed by atoms with Gasteiger partial charge in [0.2, 0.25) is 5.91 Å². The van der Waals surface area contributed by atoms with Crippen LogP contribution >= 0.6 is 0 Å². The number of rotatable bonds is 7. The monoisotopic (exact) mass is 315 g/mol. The van der Waals surface area contributed by atoms with Crippen molar-refractivity contribution in [2.24, 2.45) is 17.6 Å². The lowest BCUT2D eigenvalue weighted by atomic mass is 9.97. The van der Waals surface area contributed by atoms with Crippen molar-refractivity contribution in [2.75, 3.05) is 20.2 Å². The average molecular weight is 315 g/mol. The second-order valence-electron chi connectivity index (χ2n) is 6.01. The van der Waals surface area contributed by atoms with Crippen molar-refractivity contribution in [1.29, 1.82) is 0 Å². The summed E-state index contributed by atoms with van der Waals surface area (Å²) in [6.45, 7) is 4.12. The summed E-state index contributed by atoms with van der Waals surface area (Å²) in [6, 6.07) is -1.21. The highest BCUT2D eigenvalue weighted by Crippen LogP contribution is 2.20. The highest BCUT2D eigenvalue weighted by Gasteiger charge is 2.39. The second-order valence-corrected chi connectivity index (χ2v) is 6.01. The third-order valence-corrected chi connectivity index (χ3v) is 3.79. The summed E-state index contributed by atoms with van der Waals surface area (Å²) in [7, 11) is 1.51. The number of amides is 3. The van der Waals surface area contributed by atoms with Gasteiger partial charge in [0.15, 0.2) is 0 Å². The number of nitrogens with zero attached hydrogens (tertiary/aromatic N) is 1. The Morgan fingerprint density at radius 2 is 2.05 bits per heavy atom. The SMILES string of the molecule is CO[C@H]1C[C@@H](C(N)=O)N(C(=O)NCC(CC(C)C)C(=O)O)C1. The van der Waals surface area contributed by atoms with E-state index in [0.717, 1.165) is 0 Å². The van der Waals surface area contributed by atoms with E-state index in [-0.39, 0.29) is 25.1 Å². The minimum atomic E-state index is -0.948. The molecule has 0 spiro atoms. The van der Waals surface area contributed by atoms with E-state index in [2.05, 4.69) is 5.32 Å². The summed E-state index contributed by atoms with van der Waals surface area (Å²) in [5, 5.41) is 11.7. The molecule has 1 rings (SSSR count). The number of aliphatic carboxylic acids is 1. The summed E-state index contributed by atoms with van der Waals surface area (Å²) < 4.78 is 5.16. The molecule has 8 heteroatoms. The van der Waals surface area contributed by atoms with Crippen LogP contribution in [0, 0.1) is 11.8 Å². The van der Waals surface area contributed by atoms with Gasteiger partial charge in [-0.25, -0.2) is 4.79 Å². The zero-order valence-electron chi connectivity index (χ0n) is 13.2. The van der Waals surface area contributed by atoms with Gasteiger partial charge in [0.05, 0.1) is 12.0 Å². The molecule has 1 aliphatic heterocycles. The number of primary amides is 1. The summed E-state index contributed by atoms with van der Waals surface area (Å²) >= 11 is 0. The summed E-state index contributed by atoms with van der Waals surface area (Å²) in [5.74, 6) is -1.99. The number of carboxylic acids is 1. The Morgan fingerprint density at radius 3 is 2.50 bits per heavy atom. The van der Waals surface area contributed by atoms with Crippen LogP contribution in [0.3, 0.4) is 0 Å². The van der Waals surface area contributed by atoms with Crippen LogP contribution in [0.15, 0.2) is 0 Å². The topological polar surface area (TPSA) is 122 Å². The zero-order valence-corrected chi connectivity index (χ0v) is 13.2. The van der Waals surface area contributed by atoms with Crippen LogP contribution in [-0.4, -0.2) is 60.3 Å². The van der Waals surface area contributed by atoms with Gasteiger partial charge in [0.25, 0.3) is 0 Å². The quantitative estimate of drug-likeness (QED) is 0.611. The largest absolute Gasteiger partial charge is 0.481 e. The molecule has 3 amide bonds. The number of nitrogens with one attached hydrogen (secondary N) is 1. The van der Waals surface area contributed by atoms with Gasteiger partial charge in [0.1, 0.15) is 6.04 Å². The first kappa shape index (κ1) is 18.2. The smallest absolute Gasteiger partial charge is 0.318 e. The highest BCUT2D eigenvalue weighted by molar-refractivity contribution is 5.86. The number of hydrogen-bond acceptors (Lipinski definition) is 4. The van der Waals surface area contributed by atoms with Crippen LogP contribution in [0.25, 0.3) is 0 Å². The van der Waals surface area contributed by atoms with E-state index in [9.17, 15) is 14.4 Å². The first-order valence-corrected chi connectivity index (χ1v) is 7.35. The number of urea groups is 1.